The Morgan fingerprint density at radius 2 is 1.67 bits per heavy atom. The molecular formula is C23H30N2O2. The van der Waals surface area contributed by atoms with Crippen molar-refractivity contribution >= 4 is 17.4 Å². The van der Waals surface area contributed by atoms with Gasteiger partial charge >= 0.3 is 0 Å². The Balaban J connectivity index is 2.07. The monoisotopic (exact) mass is 366 g/mol. The SMILES string of the molecule is CCc1ccc([C@@H](N[C@H](C)C(=O)Nc2cccc(C(C)=O)c2)C(C)C)cc1. The highest BCUT2D eigenvalue weighted by Crippen LogP contribution is 2.23. The number of hydrogen-bond acceptors (Lipinski definition) is 3. The highest BCUT2D eigenvalue weighted by atomic mass is 16.2. The summed E-state index contributed by atoms with van der Waals surface area (Å²) in [6.45, 7) is 9.81. The van der Waals surface area contributed by atoms with Crippen LogP contribution in [0.15, 0.2) is 48.5 Å². The van der Waals surface area contributed by atoms with E-state index in [9.17, 15) is 9.59 Å². The third kappa shape index (κ3) is 5.76. The van der Waals surface area contributed by atoms with Gasteiger partial charge in [0.1, 0.15) is 0 Å². The number of carbonyl (C=O) groups is 2. The van der Waals surface area contributed by atoms with Crippen LogP contribution in [0.4, 0.5) is 5.69 Å². The van der Waals surface area contributed by atoms with Gasteiger partial charge in [0.2, 0.25) is 5.91 Å². The van der Waals surface area contributed by atoms with Crippen molar-refractivity contribution in [2.24, 2.45) is 5.92 Å². The standard InChI is InChI=1S/C23H30N2O2/c1-6-18-10-12-19(13-11-18)22(15(2)3)24-16(4)23(27)25-21-9-7-8-20(14-21)17(5)26/h7-16,22,24H,6H2,1-5H3,(H,25,27)/t16-,22+/m1/s1. The third-order valence-electron chi connectivity index (χ3n) is 4.77. The van der Waals surface area contributed by atoms with Crippen molar-refractivity contribution in [2.75, 3.05) is 5.32 Å². The fourth-order valence-corrected chi connectivity index (χ4v) is 3.05. The van der Waals surface area contributed by atoms with Gasteiger partial charge in [-0.2, -0.15) is 0 Å². The van der Waals surface area contributed by atoms with Crippen LogP contribution < -0.4 is 10.6 Å². The molecule has 2 aromatic carbocycles. The van der Waals surface area contributed by atoms with Gasteiger partial charge in [-0.25, -0.2) is 0 Å². The Labute approximate surface area is 162 Å². The summed E-state index contributed by atoms with van der Waals surface area (Å²) in [5.74, 6) is 0.202. The van der Waals surface area contributed by atoms with Crippen LogP contribution in [0.1, 0.15) is 62.1 Å². The largest absolute Gasteiger partial charge is 0.325 e. The van der Waals surface area contributed by atoms with Crippen LogP contribution >= 0.6 is 0 Å². The number of hydrogen-bond donors (Lipinski definition) is 2. The summed E-state index contributed by atoms with van der Waals surface area (Å²) in [4.78, 5) is 24.1. The average Bonchev–Trinajstić information content (AvgIpc) is 2.66. The second-order valence-electron chi connectivity index (χ2n) is 7.33. The Hall–Kier alpha value is -2.46. The molecule has 0 unspecified atom stereocenters. The molecule has 0 aliphatic heterocycles. The Morgan fingerprint density at radius 1 is 1.00 bits per heavy atom. The topological polar surface area (TPSA) is 58.2 Å². The molecule has 0 heterocycles. The van der Waals surface area contributed by atoms with Crippen LogP contribution in [-0.4, -0.2) is 17.7 Å². The number of amides is 1. The first-order valence-corrected chi connectivity index (χ1v) is 9.58. The van der Waals surface area contributed by atoms with E-state index < -0.39 is 0 Å². The minimum Gasteiger partial charge on any atom is -0.325 e. The van der Waals surface area contributed by atoms with Crippen LogP contribution in [-0.2, 0) is 11.2 Å². The van der Waals surface area contributed by atoms with Crippen molar-refractivity contribution in [3.63, 3.8) is 0 Å². The maximum absolute atomic E-state index is 12.6. The summed E-state index contributed by atoms with van der Waals surface area (Å²) in [6, 6.07) is 15.3. The zero-order chi connectivity index (χ0) is 20.0. The van der Waals surface area contributed by atoms with E-state index >= 15 is 0 Å². The molecule has 2 rings (SSSR count). The van der Waals surface area contributed by atoms with Gasteiger partial charge in [0.15, 0.2) is 5.78 Å². The Kier molecular flexibility index (Phi) is 7.31. The molecular weight excluding hydrogens is 336 g/mol. The Bertz CT molecular complexity index is 781. The van der Waals surface area contributed by atoms with Crippen molar-refractivity contribution < 1.29 is 9.59 Å². The number of rotatable bonds is 8. The number of benzene rings is 2. The van der Waals surface area contributed by atoms with Crippen molar-refractivity contribution in [1.82, 2.24) is 5.32 Å². The normalized spacial score (nSPS) is 13.3. The van der Waals surface area contributed by atoms with Crippen molar-refractivity contribution in [1.29, 1.82) is 0 Å². The lowest BCUT2D eigenvalue weighted by atomic mass is 9.94. The van der Waals surface area contributed by atoms with Gasteiger partial charge in [-0.1, -0.05) is 57.2 Å². The quantitative estimate of drug-likeness (QED) is 0.662. The molecule has 0 fully saturated rings. The van der Waals surface area contributed by atoms with E-state index in [2.05, 4.69) is 55.7 Å². The van der Waals surface area contributed by atoms with E-state index in [1.807, 2.05) is 6.92 Å². The molecule has 2 atom stereocenters. The van der Waals surface area contributed by atoms with Crippen LogP contribution in [0.25, 0.3) is 0 Å². The number of nitrogens with one attached hydrogen (secondary N) is 2. The summed E-state index contributed by atoms with van der Waals surface area (Å²) in [5, 5.41) is 6.35. The summed E-state index contributed by atoms with van der Waals surface area (Å²) in [6.07, 6.45) is 1.01. The summed E-state index contributed by atoms with van der Waals surface area (Å²) < 4.78 is 0. The molecule has 4 heteroatoms. The van der Waals surface area contributed by atoms with Gasteiger partial charge in [-0.3, -0.25) is 14.9 Å². The first-order valence-electron chi connectivity index (χ1n) is 9.58. The smallest absolute Gasteiger partial charge is 0.241 e. The third-order valence-corrected chi connectivity index (χ3v) is 4.77. The lowest BCUT2D eigenvalue weighted by Crippen LogP contribution is -2.41. The predicted molar refractivity (Wildman–Crippen MR) is 111 cm³/mol. The fourth-order valence-electron chi connectivity index (χ4n) is 3.05. The van der Waals surface area contributed by atoms with E-state index in [1.54, 1.807) is 24.3 Å². The number of carbonyl (C=O) groups excluding carboxylic acids is 2. The van der Waals surface area contributed by atoms with E-state index in [0.717, 1.165) is 6.42 Å². The molecule has 0 spiro atoms. The second-order valence-corrected chi connectivity index (χ2v) is 7.33. The van der Waals surface area contributed by atoms with E-state index in [0.29, 0.717) is 17.2 Å². The molecule has 0 saturated heterocycles. The first kappa shape index (κ1) is 20.8. The van der Waals surface area contributed by atoms with E-state index in [1.165, 1.54) is 18.1 Å². The number of aryl methyl sites for hydroxylation is 1. The van der Waals surface area contributed by atoms with Crippen LogP contribution in [0.2, 0.25) is 0 Å². The van der Waals surface area contributed by atoms with Crippen LogP contribution in [0.5, 0.6) is 0 Å². The van der Waals surface area contributed by atoms with Crippen molar-refractivity contribution in [3.8, 4) is 0 Å². The predicted octanol–water partition coefficient (Wildman–Crippen LogP) is 4.77. The Morgan fingerprint density at radius 3 is 2.22 bits per heavy atom. The molecule has 4 nitrogen and oxygen atoms in total. The van der Waals surface area contributed by atoms with Crippen molar-refractivity contribution in [3.05, 3.63) is 65.2 Å². The molecule has 1 amide bonds. The summed E-state index contributed by atoms with van der Waals surface area (Å²) in [5.41, 5.74) is 3.71. The molecule has 0 radical (unpaired) electrons. The lowest BCUT2D eigenvalue weighted by molar-refractivity contribution is -0.118. The maximum Gasteiger partial charge on any atom is 0.241 e. The maximum atomic E-state index is 12.6. The van der Waals surface area contributed by atoms with E-state index in [4.69, 9.17) is 0 Å². The molecule has 144 valence electrons. The van der Waals surface area contributed by atoms with Gasteiger partial charge in [0.05, 0.1) is 6.04 Å². The summed E-state index contributed by atoms with van der Waals surface area (Å²) >= 11 is 0. The fraction of sp³-hybridized carbons (Fsp3) is 0.391. The van der Waals surface area contributed by atoms with Crippen molar-refractivity contribution in [2.45, 2.75) is 53.1 Å². The molecule has 27 heavy (non-hydrogen) atoms. The van der Waals surface area contributed by atoms with Gasteiger partial charge in [-0.15, -0.1) is 0 Å². The zero-order valence-electron chi connectivity index (χ0n) is 16.9. The van der Waals surface area contributed by atoms with Gasteiger partial charge in [0, 0.05) is 17.3 Å². The summed E-state index contributed by atoms with van der Waals surface area (Å²) in [7, 11) is 0. The average molecular weight is 367 g/mol. The van der Waals surface area contributed by atoms with Gasteiger partial charge in [-0.05, 0) is 49.4 Å². The minimum absolute atomic E-state index is 0.0207. The van der Waals surface area contributed by atoms with Gasteiger partial charge < -0.3 is 5.32 Å². The molecule has 2 N–H and O–H groups in total. The lowest BCUT2D eigenvalue weighted by Gasteiger charge is -2.26. The minimum atomic E-state index is -0.371. The van der Waals surface area contributed by atoms with Crippen LogP contribution in [0.3, 0.4) is 0 Å². The second kappa shape index (κ2) is 9.47. The molecule has 2 aromatic rings. The molecule has 0 aromatic heterocycles. The number of ketones is 1. The molecule has 0 saturated carbocycles. The molecule has 0 bridgehead atoms. The first-order chi connectivity index (χ1) is 12.8. The van der Waals surface area contributed by atoms with Gasteiger partial charge in [0.25, 0.3) is 0 Å². The highest BCUT2D eigenvalue weighted by molar-refractivity contribution is 5.98. The van der Waals surface area contributed by atoms with Crippen LogP contribution in [0, 0.1) is 5.92 Å². The molecule has 0 aliphatic rings. The number of Topliss-reactive ketones (excluding diaryl/α,β-unsaturated/α-hetero) is 1. The number of anilines is 1. The zero-order valence-corrected chi connectivity index (χ0v) is 16.9. The van der Waals surface area contributed by atoms with E-state index in [-0.39, 0.29) is 23.8 Å². The molecule has 0 aliphatic carbocycles. The highest BCUT2D eigenvalue weighted by Gasteiger charge is 2.22.